The number of tetrazole rings is 1. The molecule has 0 radical (unpaired) electrons. The Morgan fingerprint density at radius 1 is 1.22 bits per heavy atom. The first-order valence-electron chi connectivity index (χ1n) is 9.27. The second-order valence-electron chi connectivity index (χ2n) is 6.69. The molecule has 2 unspecified atom stereocenters. The van der Waals surface area contributed by atoms with Gasteiger partial charge in [-0.1, -0.05) is 30.3 Å². The number of ether oxygens (including phenoxy) is 1. The Morgan fingerprint density at radius 2 is 2.11 bits per heavy atom. The maximum absolute atomic E-state index is 5.55. The minimum atomic E-state index is 0.311. The zero-order valence-electron chi connectivity index (χ0n) is 15.4. The fourth-order valence-corrected chi connectivity index (χ4v) is 3.67. The fourth-order valence-electron chi connectivity index (χ4n) is 3.67. The SMILES string of the molecule is COc1ccc(-n2ncnn2)cc1CNC1CCCNC1c1ccccc1. The van der Waals surface area contributed by atoms with Crippen LogP contribution >= 0.6 is 0 Å². The predicted octanol–water partition coefficient (Wildman–Crippen LogP) is 2.25. The molecular formula is C20H24N6O. The van der Waals surface area contributed by atoms with Gasteiger partial charge in [0.1, 0.15) is 5.75 Å². The molecule has 1 aliphatic heterocycles. The number of nitrogens with one attached hydrogen (secondary N) is 2. The van der Waals surface area contributed by atoms with Gasteiger partial charge in [0.05, 0.1) is 12.8 Å². The minimum absolute atomic E-state index is 0.311. The van der Waals surface area contributed by atoms with Gasteiger partial charge < -0.3 is 15.4 Å². The lowest BCUT2D eigenvalue weighted by atomic mass is 9.92. The van der Waals surface area contributed by atoms with Gasteiger partial charge in [-0.3, -0.25) is 0 Å². The average molecular weight is 364 g/mol. The van der Waals surface area contributed by atoms with Crippen molar-refractivity contribution in [3.63, 3.8) is 0 Å². The van der Waals surface area contributed by atoms with Crippen LogP contribution in [-0.2, 0) is 6.54 Å². The molecule has 2 N–H and O–H groups in total. The molecule has 2 atom stereocenters. The number of methoxy groups -OCH3 is 1. The number of piperidine rings is 1. The normalized spacial score (nSPS) is 19.7. The Kier molecular flexibility index (Phi) is 5.41. The smallest absolute Gasteiger partial charge is 0.162 e. The van der Waals surface area contributed by atoms with E-state index in [4.69, 9.17) is 4.74 Å². The van der Waals surface area contributed by atoms with Crippen LogP contribution in [0.25, 0.3) is 5.69 Å². The summed E-state index contributed by atoms with van der Waals surface area (Å²) >= 11 is 0. The largest absolute Gasteiger partial charge is 0.496 e. The summed E-state index contributed by atoms with van der Waals surface area (Å²) in [7, 11) is 1.70. The second-order valence-corrected chi connectivity index (χ2v) is 6.69. The molecule has 7 heteroatoms. The first-order chi connectivity index (χ1) is 13.3. The van der Waals surface area contributed by atoms with Crippen LogP contribution in [0.4, 0.5) is 0 Å². The highest BCUT2D eigenvalue weighted by atomic mass is 16.5. The van der Waals surface area contributed by atoms with Crippen LogP contribution in [-0.4, -0.2) is 39.9 Å². The van der Waals surface area contributed by atoms with Gasteiger partial charge in [0.25, 0.3) is 0 Å². The number of nitrogens with zero attached hydrogens (tertiary/aromatic N) is 4. The van der Waals surface area contributed by atoms with Crippen molar-refractivity contribution in [2.45, 2.75) is 31.5 Å². The van der Waals surface area contributed by atoms with Crippen LogP contribution in [0.2, 0.25) is 0 Å². The molecule has 1 saturated heterocycles. The van der Waals surface area contributed by atoms with Gasteiger partial charge in [0, 0.05) is 24.2 Å². The first-order valence-corrected chi connectivity index (χ1v) is 9.27. The molecule has 27 heavy (non-hydrogen) atoms. The number of rotatable bonds is 6. The summed E-state index contributed by atoms with van der Waals surface area (Å²) in [5, 5.41) is 19.2. The van der Waals surface area contributed by atoms with E-state index >= 15 is 0 Å². The minimum Gasteiger partial charge on any atom is -0.496 e. The highest BCUT2D eigenvalue weighted by Gasteiger charge is 2.25. The third-order valence-corrected chi connectivity index (χ3v) is 5.02. The van der Waals surface area contributed by atoms with Gasteiger partial charge in [-0.05, 0) is 48.4 Å². The van der Waals surface area contributed by atoms with E-state index in [1.165, 1.54) is 23.1 Å². The van der Waals surface area contributed by atoms with Crippen molar-refractivity contribution in [3.05, 3.63) is 66.0 Å². The molecule has 1 fully saturated rings. The molecular weight excluding hydrogens is 340 g/mol. The molecule has 0 spiro atoms. The highest BCUT2D eigenvalue weighted by molar-refractivity contribution is 5.43. The van der Waals surface area contributed by atoms with Crippen molar-refractivity contribution < 1.29 is 4.74 Å². The van der Waals surface area contributed by atoms with Crippen molar-refractivity contribution in [1.29, 1.82) is 0 Å². The Hall–Kier alpha value is -2.77. The molecule has 0 aliphatic carbocycles. The average Bonchev–Trinajstić information content (AvgIpc) is 3.28. The lowest BCUT2D eigenvalue weighted by molar-refractivity contribution is 0.303. The summed E-state index contributed by atoms with van der Waals surface area (Å²) < 4.78 is 5.55. The molecule has 3 aromatic rings. The van der Waals surface area contributed by atoms with Crippen molar-refractivity contribution in [3.8, 4) is 11.4 Å². The van der Waals surface area contributed by atoms with Crippen LogP contribution < -0.4 is 15.4 Å². The van der Waals surface area contributed by atoms with Crippen LogP contribution in [0.15, 0.2) is 54.9 Å². The van der Waals surface area contributed by atoms with Gasteiger partial charge in [-0.2, -0.15) is 0 Å². The fraction of sp³-hybridized carbons (Fsp3) is 0.350. The topological polar surface area (TPSA) is 76.9 Å². The summed E-state index contributed by atoms with van der Waals surface area (Å²) in [5.41, 5.74) is 3.26. The number of aromatic nitrogens is 4. The molecule has 1 aliphatic rings. The molecule has 0 bridgehead atoms. The number of hydrogen-bond donors (Lipinski definition) is 2. The summed E-state index contributed by atoms with van der Waals surface area (Å²) in [6, 6.07) is 17.2. The molecule has 7 nitrogen and oxygen atoms in total. The third-order valence-electron chi connectivity index (χ3n) is 5.02. The van der Waals surface area contributed by atoms with E-state index in [0.29, 0.717) is 18.6 Å². The van der Waals surface area contributed by atoms with E-state index in [-0.39, 0.29) is 0 Å². The van der Waals surface area contributed by atoms with Gasteiger partial charge in [0.2, 0.25) is 0 Å². The van der Waals surface area contributed by atoms with Gasteiger partial charge in [-0.25, -0.2) is 0 Å². The van der Waals surface area contributed by atoms with E-state index in [9.17, 15) is 0 Å². The summed E-state index contributed by atoms with van der Waals surface area (Å²) in [6.07, 6.45) is 3.74. The van der Waals surface area contributed by atoms with Crippen molar-refractivity contribution in [1.82, 2.24) is 30.8 Å². The molecule has 4 rings (SSSR count). The third kappa shape index (κ3) is 3.99. The zero-order valence-corrected chi connectivity index (χ0v) is 15.4. The van der Waals surface area contributed by atoms with Gasteiger partial charge >= 0.3 is 0 Å². The summed E-state index contributed by atoms with van der Waals surface area (Å²) in [6.45, 7) is 1.76. The van der Waals surface area contributed by atoms with Gasteiger partial charge in [0.15, 0.2) is 6.33 Å². The Labute approximate surface area is 158 Å². The first kappa shape index (κ1) is 17.6. The number of benzene rings is 2. The molecule has 2 heterocycles. The van der Waals surface area contributed by atoms with Crippen LogP contribution in [0.5, 0.6) is 5.75 Å². The molecule has 2 aromatic carbocycles. The van der Waals surface area contributed by atoms with Crippen molar-refractivity contribution in [2.75, 3.05) is 13.7 Å². The standard InChI is InChI=1S/C20H24N6O/c1-27-19-10-9-17(26-24-14-23-25-26)12-16(19)13-22-18-8-5-11-21-20(18)15-6-3-2-4-7-15/h2-4,6-7,9-10,12,14,18,20-22H,5,8,11,13H2,1H3. The van der Waals surface area contributed by atoms with Crippen molar-refractivity contribution >= 4 is 0 Å². The van der Waals surface area contributed by atoms with Gasteiger partial charge in [-0.15, -0.1) is 15.0 Å². The monoisotopic (exact) mass is 364 g/mol. The van der Waals surface area contributed by atoms with E-state index in [1.54, 1.807) is 7.11 Å². The maximum Gasteiger partial charge on any atom is 0.162 e. The molecule has 0 amide bonds. The van der Waals surface area contributed by atoms with Crippen molar-refractivity contribution in [2.24, 2.45) is 0 Å². The molecule has 0 saturated carbocycles. The summed E-state index contributed by atoms with van der Waals surface area (Å²) in [4.78, 5) is 1.51. The van der Waals surface area contributed by atoms with Crippen LogP contribution in [0.3, 0.4) is 0 Å². The Balaban J connectivity index is 1.52. The van der Waals surface area contributed by atoms with Crippen LogP contribution in [0.1, 0.15) is 30.0 Å². The zero-order chi connectivity index (χ0) is 18.5. The van der Waals surface area contributed by atoms with E-state index in [0.717, 1.165) is 30.0 Å². The predicted molar refractivity (Wildman–Crippen MR) is 103 cm³/mol. The van der Waals surface area contributed by atoms with E-state index in [2.05, 4.69) is 56.4 Å². The van der Waals surface area contributed by atoms with E-state index in [1.807, 2.05) is 18.2 Å². The summed E-state index contributed by atoms with van der Waals surface area (Å²) in [5.74, 6) is 0.853. The quantitative estimate of drug-likeness (QED) is 0.699. The number of hydrogen-bond acceptors (Lipinski definition) is 6. The lowest BCUT2D eigenvalue weighted by Gasteiger charge is -2.34. The lowest BCUT2D eigenvalue weighted by Crippen LogP contribution is -2.45. The Morgan fingerprint density at radius 3 is 2.89 bits per heavy atom. The highest BCUT2D eigenvalue weighted by Crippen LogP contribution is 2.26. The van der Waals surface area contributed by atoms with E-state index < -0.39 is 0 Å². The Bertz CT molecular complexity index is 852. The maximum atomic E-state index is 5.55. The molecule has 1 aromatic heterocycles. The molecule has 140 valence electrons. The second kappa shape index (κ2) is 8.28. The van der Waals surface area contributed by atoms with Crippen LogP contribution in [0, 0.1) is 0 Å².